The highest BCUT2D eigenvalue weighted by Gasteiger charge is 2.56. The van der Waals surface area contributed by atoms with Crippen LogP contribution >= 0.6 is 0 Å². The zero-order valence-electron chi connectivity index (χ0n) is 16.6. The van der Waals surface area contributed by atoms with Crippen LogP contribution in [0.25, 0.3) is 10.9 Å². The zero-order chi connectivity index (χ0) is 19.3. The van der Waals surface area contributed by atoms with Gasteiger partial charge in [0, 0.05) is 56.9 Å². The van der Waals surface area contributed by atoms with Gasteiger partial charge in [-0.3, -0.25) is 14.6 Å². The van der Waals surface area contributed by atoms with Crippen molar-refractivity contribution < 1.29 is 9.59 Å². The van der Waals surface area contributed by atoms with Gasteiger partial charge in [0.15, 0.2) is 0 Å². The lowest BCUT2D eigenvalue weighted by Crippen LogP contribution is -2.55. The Morgan fingerprint density at radius 1 is 1.07 bits per heavy atom. The van der Waals surface area contributed by atoms with E-state index in [0.717, 1.165) is 19.6 Å². The Balaban J connectivity index is 1.51. The summed E-state index contributed by atoms with van der Waals surface area (Å²) < 4.78 is 2.17. The number of carbonyl (C=O) groups is 2. The summed E-state index contributed by atoms with van der Waals surface area (Å²) in [5, 5.41) is 1.29. The van der Waals surface area contributed by atoms with Gasteiger partial charge in [-0.05, 0) is 38.3 Å². The van der Waals surface area contributed by atoms with Gasteiger partial charge in [-0.1, -0.05) is 18.2 Å². The van der Waals surface area contributed by atoms with E-state index in [4.69, 9.17) is 0 Å². The van der Waals surface area contributed by atoms with E-state index >= 15 is 0 Å². The number of aromatic nitrogens is 1. The molecule has 2 aliphatic rings. The van der Waals surface area contributed by atoms with Gasteiger partial charge < -0.3 is 9.47 Å². The molecule has 0 unspecified atom stereocenters. The Hall–Kier alpha value is -2.34. The van der Waals surface area contributed by atoms with Crippen LogP contribution in [0.2, 0.25) is 0 Å². The van der Waals surface area contributed by atoms with Gasteiger partial charge in [-0.15, -0.1) is 0 Å². The largest absolute Gasteiger partial charge is 0.350 e. The minimum atomic E-state index is -0.656. The summed E-state index contributed by atoms with van der Waals surface area (Å²) in [5.74, 6) is -0.0187. The number of nitrogens with zero attached hydrogens (tertiary/aromatic N) is 4. The molecule has 6 nitrogen and oxygen atoms in total. The van der Waals surface area contributed by atoms with E-state index in [2.05, 4.69) is 47.0 Å². The predicted molar refractivity (Wildman–Crippen MR) is 105 cm³/mol. The third-order valence-corrected chi connectivity index (χ3v) is 6.33. The Labute approximate surface area is 160 Å². The van der Waals surface area contributed by atoms with Gasteiger partial charge in [0.2, 0.25) is 0 Å². The quantitative estimate of drug-likeness (QED) is 0.783. The number of imide groups is 1. The van der Waals surface area contributed by atoms with Crippen LogP contribution in [0.1, 0.15) is 32.3 Å². The molecule has 0 bridgehead atoms. The van der Waals surface area contributed by atoms with Crippen LogP contribution in [-0.4, -0.2) is 62.9 Å². The number of amides is 3. The highest BCUT2D eigenvalue weighted by molar-refractivity contribution is 6.07. The Bertz CT molecular complexity index is 893. The standard InChI is InChI=1S/C21H28N4O2/c1-15(2)25-19(26)21(23(4)20(25)27)9-11-24(12-10-21)14-16-13-22(3)18-8-6-5-7-17(16)18/h5-8,13,15H,9-12,14H2,1-4H3. The van der Waals surface area contributed by atoms with Crippen molar-refractivity contribution in [1.29, 1.82) is 0 Å². The highest BCUT2D eigenvalue weighted by atomic mass is 16.2. The fourth-order valence-electron chi connectivity index (χ4n) is 4.68. The Morgan fingerprint density at radius 2 is 1.74 bits per heavy atom. The van der Waals surface area contributed by atoms with Crippen molar-refractivity contribution in [2.24, 2.45) is 7.05 Å². The van der Waals surface area contributed by atoms with Crippen LogP contribution in [0.5, 0.6) is 0 Å². The van der Waals surface area contributed by atoms with E-state index < -0.39 is 5.54 Å². The second-order valence-electron chi connectivity index (χ2n) is 8.20. The molecule has 2 aliphatic heterocycles. The number of likely N-dealkylation sites (tertiary alicyclic amines) is 1. The number of carbonyl (C=O) groups excluding carboxylic acids is 2. The second kappa shape index (κ2) is 6.37. The molecule has 0 N–H and O–H groups in total. The maximum atomic E-state index is 13.0. The summed E-state index contributed by atoms with van der Waals surface area (Å²) in [6.45, 7) is 6.31. The fourth-order valence-corrected chi connectivity index (χ4v) is 4.68. The predicted octanol–water partition coefficient (Wildman–Crippen LogP) is 2.82. The molecule has 2 fully saturated rings. The average Bonchev–Trinajstić information content (AvgIpc) is 3.05. The summed E-state index contributed by atoms with van der Waals surface area (Å²) in [5.41, 5.74) is 1.90. The molecular weight excluding hydrogens is 340 g/mol. The maximum absolute atomic E-state index is 13.0. The van der Waals surface area contributed by atoms with Crippen molar-refractivity contribution in [2.45, 2.75) is 44.8 Å². The van der Waals surface area contributed by atoms with Crippen LogP contribution in [0, 0.1) is 0 Å². The first-order valence-corrected chi connectivity index (χ1v) is 9.72. The number of hydrogen-bond donors (Lipinski definition) is 0. The molecule has 4 rings (SSSR count). The fraction of sp³-hybridized carbons (Fsp3) is 0.524. The van der Waals surface area contributed by atoms with Crippen LogP contribution < -0.4 is 0 Å². The third kappa shape index (κ3) is 2.65. The monoisotopic (exact) mass is 368 g/mol. The van der Waals surface area contributed by atoms with Gasteiger partial charge in [0.1, 0.15) is 5.54 Å². The number of hydrogen-bond acceptors (Lipinski definition) is 3. The second-order valence-corrected chi connectivity index (χ2v) is 8.20. The molecule has 27 heavy (non-hydrogen) atoms. The lowest BCUT2D eigenvalue weighted by Gasteiger charge is -2.40. The molecule has 0 atom stereocenters. The minimum Gasteiger partial charge on any atom is -0.350 e. The van der Waals surface area contributed by atoms with Crippen molar-refractivity contribution in [2.75, 3.05) is 20.1 Å². The summed E-state index contributed by atoms with van der Waals surface area (Å²) in [4.78, 5) is 31.1. The number of rotatable bonds is 3. The minimum absolute atomic E-state index is 0.0187. The van der Waals surface area contributed by atoms with Crippen molar-refractivity contribution in [3.8, 4) is 0 Å². The molecule has 144 valence electrons. The maximum Gasteiger partial charge on any atom is 0.327 e. The molecule has 6 heteroatoms. The molecule has 2 saturated heterocycles. The van der Waals surface area contributed by atoms with Crippen molar-refractivity contribution >= 4 is 22.8 Å². The molecule has 3 heterocycles. The summed E-state index contributed by atoms with van der Waals surface area (Å²) in [7, 11) is 3.86. The summed E-state index contributed by atoms with van der Waals surface area (Å²) in [6.07, 6.45) is 3.59. The number of para-hydroxylation sites is 1. The van der Waals surface area contributed by atoms with E-state index in [-0.39, 0.29) is 18.0 Å². The molecule has 0 radical (unpaired) electrons. The van der Waals surface area contributed by atoms with E-state index in [0.29, 0.717) is 12.8 Å². The lowest BCUT2D eigenvalue weighted by molar-refractivity contribution is -0.136. The number of urea groups is 1. The Kier molecular flexibility index (Phi) is 4.26. The first kappa shape index (κ1) is 18.0. The first-order chi connectivity index (χ1) is 12.8. The van der Waals surface area contributed by atoms with Crippen LogP contribution in [-0.2, 0) is 18.4 Å². The van der Waals surface area contributed by atoms with Crippen LogP contribution in [0.15, 0.2) is 30.5 Å². The molecule has 1 aromatic heterocycles. The third-order valence-electron chi connectivity index (χ3n) is 6.33. The first-order valence-electron chi connectivity index (χ1n) is 9.72. The number of piperidine rings is 1. The van der Waals surface area contributed by atoms with Crippen LogP contribution in [0.3, 0.4) is 0 Å². The van der Waals surface area contributed by atoms with E-state index in [1.54, 1.807) is 11.9 Å². The van der Waals surface area contributed by atoms with Crippen molar-refractivity contribution in [3.63, 3.8) is 0 Å². The smallest absolute Gasteiger partial charge is 0.327 e. The number of benzene rings is 1. The van der Waals surface area contributed by atoms with Gasteiger partial charge in [-0.2, -0.15) is 0 Å². The van der Waals surface area contributed by atoms with Gasteiger partial charge in [0.05, 0.1) is 0 Å². The van der Waals surface area contributed by atoms with Gasteiger partial charge >= 0.3 is 6.03 Å². The SMILES string of the molecule is CC(C)N1C(=O)N(C)C2(CCN(Cc3cn(C)c4ccccc34)CC2)C1=O. The van der Waals surface area contributed by atoms with Gasteiger partial charge in [0.25, 0.3) is 5.91 Å². The summed E-state index contributed by atoms with van der Waals surface area (Å²) in [6, 6.07) is 8.20. The Morgan fingerprint density at radius 3 is 2.37 bits per heavy atom. The van der Waals surface area contributed by atoms with E-state index in [1.807, 2.05) is 13.8 Å². The lowest BCUT2D eigenvalue weighted by atomic mass is 9.86. The molecule has 0 aliphatic carbocycles. The molecule has 3 amide bonds. The highest BCUT2D eigenvalue weighted by Crippen LogP contribution is 2.37. The van der Waals surface area contributed by atoms with Crippen LogP contribution in [0.4, 0.5) is 4.79 Å². The average molecular weight is 368 g/mol. The topological polar surface area (TPSA) is 48.8 Å². The van der Waals surface area contributed by atoms with Crippen molar-refractivity contribution in [1.82, 2.24) is 19.3 Å². The van der Waals surface area contributed by atoms with Gasteiger partial charge in [-0.25, -0.2) is 4.79 Å². The molecular formula is C21H28N4O2. The normalized spacial score (nSPS) is 20.6. The van der Waals surface area contributed by atoms with Crippen molar-refractivity contribution in [3.05, 3.63) is 36.0 Å². The zero-order valence-corrected chi connectivity index (χ0v) is 16.6. The number of likely N-dealkylation sites (N-methyl/N-ethyl adjacent to an activating group) is 1. The van der Waals surface area contributed by atoms with E-state index in [1.165, 1.54) is 21.4 Å². The number of fused-ring (bicyclic) bond motifs is 1. The van der Waals surface area contributed by atoms with E-state index in [9.17, 15) is 9.59 Å². The summed E-state index contributed by atoms with van der Waals surface area (Å²) >= 11 is 0. The molecule has 1 aromatic carbocycles. The molecule has 0 saturated carbocycles. The number of aryl methyl sites for hydroxylation is 1. The molecule has 2 aromatic rings. The molecule has 1 spiro atoms.